The molecule has 68 valence electrons. The standard InChI is InChI=1S/C11H14N2/c1-10(2)8-12-13-9-11-6-4-3-5-7-11/h3-8,13H,1,9H2,2H3. The summed E-state index contributed by atoms with van der Waals surface area (Å²) in [6, 6.07) is 10.1. The third-order valence-corrected chi connectivity index (χ3v) is 1.50. The normalized spacial score (nSPS) is 10.2. The second-order valence-electron chi connectivity index (χ2n) is 2.93. The van der Waals surface area contributed by atoms with Gasteiger partial charge in [-0.3, -0.25) is 0 Å². The molecule has 0 spiro atoms. The van der Waals surface area contributed by atoms with E-state index in [9.17, 15) is 0 Å². The lowest BCUT2D eigenvalue weighted by Crippen LogP contribution is -2.04. The minimum absolute atomic E-state index is 0.755. The Bertz CT molecular complexity index is 288. The number of hydrogen-bond donors (Lipinski definition) is 1. The van der Waals surface area contributed by atoms with Crippen molar-refractivity contribution in [2.45, 2.75) is 13.5 Å². The minimum atomic E-state index is 0.755. The van der Waals surface area contributed by atoms with E-state index in [0.717, 1.165) is 12.1 Å². The Morgan fingerprint density at radius 3 is 2.77 bits per heavy atom. The van der Waals surface area contributed by atoms with E-state index in [1.54, 1.807) is 6.21 Å². The average molecular weight is 174 g/mol. The number of rotatable bonds is 4. The largest absolute Gasteiger partial charge is 0.306 e. The van der Waals surface area contributed by atoms with Gasteiger partial charge in [-0.1, -0.05) is 36.9 Å². The van der Waals surface area contributed by atoms with Crippen molar-refractivity contribution in [1.82, 2.24) is 5.43 Å². The summed E-state index contributed by atoms with van der Waals surface area (Å²) < 4.78 is 0. The van der Waals surface area contributed by atoms with Crippen molar-refractivity contribution in [3.63, 3.8) is 0 Å². The zero-order chi connectivity index (χ0) is 9.52. The van der Waals surface area contributed by atoms with Crippen LogP contribution in [0.2, 0.25) is 0 Å². The maximum absolute atomic E-state index is 3.99. The first kappa shape index (κ1) is 9.52. The van der Waals surface area contributed by atoms with Crippen molar-refractivity contribution in [3.8, 4) is 0 Å². The Morgan fingerprint density at radius 2 is 2.15 bits per heavy atom. The molecule has 1 N–H and O–H groups in total. The van der Waals surface area contributed by atoms with Crippen molar-refractivity contribution in [2.75, 3.05) is 0 Å². The van der Waals surface area contributed by atoms with Crippen molar-refractivity contribution in [3.05, 3.63) is 48.0 Å². The van der Waals surface area contributed by atoms with E-state index in [1.807, 2.05) is 25.1 Å². The van der Waals surface area contributed by atoms with Crippen molar-refractivity contribution in [1.29, 1.82) is 0 Å². The highest BCUT2D eigenvalue weighted by Gasteiger charge is 1.86. The summed E-state index contributed by atoms with van der Waals surface area (Å²) in [5.74, 6) is 0. The Kier molecular flexibility index (Phi) is 3.76. The molecule has 2 nitrogen and oxygen atoms in total. The van der Waals surface area contributed by atoms with Gasteiger partial charge in [-0.15, -0.1) is 0 Å². The van der Waals surface area contributed by atoms with Crippen molar-refractivity contribution < 1.29 is 0 Å². The summed E-state index contributed by atoms with van der Waals surface area (Å²) in [4.78, 5) is 0. The molecule has 0 heterocycles. The van der Waals surface area contributed by atoms with Gasteiger partial charge >= 0.3 is 0 Å². The molecule has 0 saturated carbocycles. The van der Waals surface area contributed by atoms with Crippen LogP contribution in [-0.4, -0.2) is 6.21 Å². The molecule has 1 aromatic carbocycles. The van der Waals surface area contributed by atoms with Crippen LogP contribution in [0.5, 0.6) is 0 Å². The molecule has 0 unspecified atom stereocenters. The molecule has 0 aliphatic heterocycles. The molecule has 0 aromatic heterocycles. The molecule has 0 atom stereocenters. The van der Waals surface area contributed by atoms with Gasteiger partial charge in [-0.05, 0) is 18.1 Å². The smallest absolute Gasteiger partial charge is 0.0580 e. The van der Waals surface area contributed by atoms with E-state index in [0.29, 0.717) is 0 Å². The van der Waals surface area contributed by atoms with E-state index < -0.39 is 0 Å². The van der Waals surface area contributed by atoms with Crippen LogP contribution in [0.4, 0.5) is 0 Å². The van der Waals surface area contributed by atoms with Gasteiger partial charge in [0.1, 0.15) is 0 Å². The minimum Gasteiger partial charge on any atom is -0.306 e. The van der Waals surface area contributed by atoms with Crippen LogP contribution in [0.1, 0.15) is 12.5 Å². The first-order chi connectivity index (χ1) is 6.29. The molecular weight excluding hydrogens is 160 g/mol. The van der Waals surface area contributed by atoms with Crippen LogP contribution >= 0.6 is 0 Å². The fraction of sp³-hybridized carbons (Fsp3) is 0.182. The average Bonchev–Trinajstić information content (AvgIpc) is 2.14. The van der Waals surface area contributed by atoms with E-state index in [4.69, 9.17) is 0 Å². The van der Waals surface area contributed by atoms with Crippen LogP contribution in [-0.2, 0) is 6.54 Å². The van der Waals surface area contributed by atoms with Gasteiger partial charge in [-0.25, -0.2) is 0 Å². The lowest BCUT2D eigenvalue weighted by atomic mass is 10.2. The lowest BCUT2D eigenvalue weighted by molar-refractivity contribution is 0.748. The van der Waals surface area contributed by atoms with Gasteiger partial charge in [-0.2, -0.15) is 5.10 Å². The molecule has 0 amide bonds. The molecule has 0 aliphatic carbocycles. The maximum atomic E-state index is 3.99. The van der Waals surface area contributed by atoms with Gasteiger partial charge < -0.3 is 5.43 Å². The second kappa shape index (κ2) is 5.14. The zero-order valence-corrected chi connectivity index (χ0v) is 7.83. The van der Waals surface area contributed by atoms with E-state index in [-0.39, 0.29) is 0 Å². The number of hydrazone groups is 1. The summed E-state index contributed by atoms with van der Waals surface area (Å²) in [6.07, 6.45) is 1.71. The van der Waals surface area contributed by atoms with E-state index >= 15 is 0 Å². The molecule has 0 bridgehead atoms. The topological polar surface area (TPSA) is 24.4 Å². The molecule has 0 fully saturated rings. The quantitative estimate of drug-likeness (QED) is 0.550. The predicted molar refractivity (Wildman–Crippen MR) is 56.6 cm³/mol. The fourth-order valence-corrected chi connectivity index (χ4v) is 0.889. The van der Waals surface area contributed by atoms with E-state index in [2.05, 4.69) is 29.2 Å². The fourth-order valence-electron chi connectivity index (χ4n) is 0.889. The SMILES string of the molecule is C=C(C)C=NNCc1ccccc1. The van der Waals surface area contributed by atoms with Gasteiger partial charge in [0.05, 0.1) is 6.54 Å². The Morgan fingerprint density at radius 1 is 1.46 bits per heavy atom. The Labute approximate surface area is 79.0 Å². The molecule has 0 radical (unpaired) electrons. The van der Waals surface area contributed by atoms with Crippen molar-refractivity contribution in [2.24, 2.45) is 5.10 Å². The number of benzene rings is 1. The summed E-state index contributed by atoms with van der Waals surface area (Å²) in [5.41, 5.74) is 5.11. The summed E-state index contributed by atoms with van der Waals surface area (Å²) >= 11 is 0. The summed E-state index contributed by atoms with van der Waals surface area (Å²) in [7, 11) is 0. The number of nitrogens with one attached hydrogen (secondary N) is 1. The van der Waals surface area contributed by atoms with Crippen LogP contribution < -0.4 is 5.43 Å². The molecule has 1 rings (SSSR count). The monoisotopic (exact) mass is 174 g/mol. The number of allylic oxidation sites excluding steroid dienone is 1. The molecule has 13 heavy (non-hydrogen) atoms. The van der Waals surface area contributed by atoms with Crippen LogP contribution in [0.25, 0.3) is 0 Å². The lowest BCUT2D eigenvalue weighted by Gasteiger charge is -1.99. The third kappa shape index (κ3) is 4.11. The molecule has 0 aliphatic rings. The van der Waals surface area contributed by atoms with Gasteiger partial charge in [0, 0.05) is 6.21 Å². The maximum Gasteiger partial charge on any atom is 0.0580 e. The Hall–Kier alpha value is -1.57. The highest BCUT2D eigenvalue weighted by atomic mass is 15.3. The molecule has 1 aromatic rings. The van der Waals surface area contributed by atoms with Gasteiger partial charge in [0.2, 0.25) is 0 Å². The van der Waals surface area contributed by atoms with E-state index in [1.165, 1.54) is 5.56 Å². The number of nitrogens with zero attached hydrogens (tertiary/aromatic N) is 1. The first-order valence-electron chi connectivity index (χ1n) is 4.24. The first-order valence-corrected chi connectivity index (χ1v) is 4.24. The van der Waals surface area contributed by atoms with Crippen LogP contribution in [0.15, 0.2) is 47.6 Å². The van der Waals surface area contributed by atoms with Crippen molar-refractivity contribution >= 4 is 6.21 Å². The van der Waals surface area contributed by atoms with Crippen LogP contribution in [0.3, 0.4) is 0 Å². The number of hydrogen-bond acceptors (Lipinski definition) is 2. The molecule has 2 heteroatoms. The third-order valence-electron chi connectivity index (χ3n) is 1.50. The summed E-state index contributed by atoms with van der Waals surface area (Å²) in [6.45, 7) is 6.38. The highest BCUT2D eigenvalue weighted by molar-refractivity contribution is 5.76. The predicted octanol–water partition coefficient (Wildman–Crippen LogP) is 2.34. The van der Waals surface area contributed by atoms with Crippen LogP contribution in [0, 0.1) is 0 Å². The van der Waals surface area contributed by atoms with Gasteiger partial charge in [0.25, 0.3) is 0 Å². The Balaban J connectivity index is 2.32. The molecule has 0 saturated heterocycles. The molecular formula is C11H14N2. The second-order valence-corrected chi connectivity index (χ2v) is 2.93. The highest BCUT2D eigenvalue weighted by Crippen LogP contribution is 1.96. The van der Waals surface area contributed by atoms with Gasteiger partial charge in [0.15, 0.2) is 0 Å². The summed E-state index contributed by atoms with van der Waals surface area (Å²) in [5, 5.41) is 3.99. The zero-order valence-electron chi connectivity index (χ0n) is 7.83.